The normalized spacial score (nSPS) is 10.2. The van der Waals surface area contributed by atoms with Crippen LogP contribution < -0.4 is 10.1 Å². The molecule has 0 saturated carbocycles. The van der Waals surface area contributed by atoms with Crippen molar-refractivity contribution in [3.63, 3.8) is 0 Å². The highest BCUT2D eigenvalue weighted by atomic mass is 32.2. The topological polar surface area (TPSA) is 64.6 Å². The van der Waals surface area contributed by atoms with E-state index in [2.05, 4.69) is 10.1 Å². The minimum absolute atomic E-state index is 0.0929. The van der Waals surface area contributed by atoms with Crippen LogP contribution in [0.4, 0.5) is 5.69 Å². The van der Waals surface area contributed by atoms with Crippen molar-refractivity contribution in [3.8, 4) is 11.5 Å². The summed E-state index contributed by atoms with van der Waals surface area (Å²) in [6, 6.07) is 15.0. The zero-order valence-corrected chi connectivity index (χ0v) is 15.1. The molecular formula is C19H21NO4S. The van der Waals surface area contributed by atoms with Gasteiger partial charge >= 0.3 is 5.97 Å². The van der Waals surface area contributed by atoms with Gasteiger partial charge in [0.25, 0.3) is 0 Å². The highest BCUT2D eigenvalue weighted by Crippen LogP contribution is 2.23. The molecule has 1 N–H and O–H groups in total. The second-order valence-corrected chi connectivity index (χ2v) is 6.48. The van der Waals surface area contributed by atoms with Gasteiger partial charge in [-0.15, -0.1) is 11.8 Å². The van der Waals surface area contributed by atoms with Gasteiger partial charge in [-0.3, -0.25) is 9.59 Å². The number of carbonyl (C=O) groups excluding carboxylic acids is 2. The molecule has 2 aromatic carbocycles. The van der Waals surface area contributed by atoms with Gasteiger partial charge < -0.3 is 14.8 Å². The molecule has 0 saturated heterocycles. The molecule has 0 fully saturated rings. The van der Waals surface area contributed by atoms with Gasteiger partial charge in [0.2, 0.25) is 5.91 Å². The maximum atomic E-state index is 11.9. The predicted molar refractivity (Wildman–Crippen MR) is 100 cm³/mol. The Hall–Kier alpha value is -2.47. The number of nitrogens with one attached hydrogen (secondary N) is 1. The van der Waals surface area contributed by atoms with Crippen molar-refractivity contribution in [2.24, 2.45) is 0 Å². The summed E-state index contributed by atoms with van der Waals surface area (Å²) < 4.78 is 10.3. The molecule has 2 rings (SSSR count). The van der Waals surface area contributed by atoms with Crippen molar-refractivity contribution in [1.29, 1.82) is 0 Å². The van der Waals surface area contributed by atoms with E-state index in [4.69, 9.17) is 4.74 Å². The van der Waals surface area contributed by atoms with E-state index in [-0.39, 0.29) is 17.6 Å². The Morgan fingerprint density at radius 2 is 1.84 bits per heavy atom. The van der Waals surface area contributed by atoms with Crippen LogP contribution in [-0.2, 0) is 14.3 Å². The maximum absolute atomic E-state index is 11.9. The smallest absolute Gasteiger partial charge is 0.315 e. The van der Waals surface area contributed by atoms with E-state index in [0.717, 1.165) is 11.3 Å². The van der Waals surface area contributed by atoms with E-state index in [1.807, 2.05) is 43.3 Å². The molecule has 2 aromatic rings. The number of hydrogen-bond donors (Lipinski definition) is 1. The number of aryl methyl sites for hydroxylation is 1. The monoisotopic (exact) mass is 359 g/mol. The second-order valence-electron chi connectivity index (χ2n) is 5.37. The van der Waals surface area contributed by atoms with Crippen molar-refractivity contribution in [1.82, 2.24) is 0 Å². The minimum Gasteiger partial charge on any atom is -0.468 e. The van der Waals surface area contributed by atoms with E-state index in [1.54, 1.807) is 12.1 Å². The zero-order chi connectivity index (χ0) is 18.1. The molecule has 0 heterocycles. The first kappa shape index (κ1) is 18.9. The lowest BCUT2D eigenvalue weighted by Gasteiger charge is -2.08. The molecule has 1 amide bonds. The number of methoxy groups -OCH3 is 1. The number of amides is 1. The summed E-state index contributed by atoms with van der Waals surface area (Å²) >= 11 is 1.37. The number of thioether (sulfide) groups is 1. The third kappa shape index (κ3) is 6.89. The van der Waals surface area contributed by atoms with E-state index < -0.39 is 0 Å². The standard InChI is InChI=1S/C19H21NO4S/c1-14-4-3-5-17(12-14)24-16-8-6-15(7-9-16)20-18(21)10-11-25-13-19(22)23-2/h3-9,12H,10-11,13H2,1-2H3,(H,20,21). The Labute approximate surface area is 151 Å². The fourth-order valence-electron chi connectivity index (χ4n) is 2.02. The van der Waals surface area contributed by atoms with Gasteiger partial charge in [-0.1, -0.05) is 12.1 Å². The van der Waals surface area contributed by atoms with Crippen LogP contribution in [0.25, 0.3) is 0 Å². The lowest BCUT2D eigenvalue weighted by molar-refractivity contribution is -0.137. The summed E-state index contributed by atoms with van der Waals surface area (Å²) in [5.41, 5.74) is 1.84. The first-order valence-electron chi connectivity index (χ1n) is 7.86. The Kier molecular flexibility index (Phi) is 7.35. The summed E-state index contributed by atoms with van der Waals surface area (Å²) in [4.78, 5) is 22.8. The van der Waals surface area contributed by atoms with Gasteiger partial charge in [0, 0.05) is 17.9 Å². The summed E-state index contributed by atoms with van der Waals surface area (Å²) in [6.07, 6.45) is 0.337. The molecule has 0 radical (unpaired) electrons. The van der Waals surface area contributed by atoms with Crippen LogP contribution in [0.5, 0.6) is 11.5 Å². The Balaban J connectivity index is 1.77. The van der Waals surface area contributed by atoms with Crippen LogP contribution in [0.1, 0.15) is 12.0 Å². The van der Waals surface area contributed by atoms with Crippen molar-refractivity contribution in [2.75, 3.05) is 23.9 Å². The first-order valence-corrected chi connectivity index (χ1v) is 9.01. The molecule has 5 nitrogen and oxygen atoms in total. The van der Waals surface area contributed by atoms with Crippen LogP contribution in [0.15, 0.2) is 48.5 Å². The third-order valence-corrected chi connectivity index (χ3v) is 4.22. The number of ether oxygens (including phenoxy) is 2. The van der Waals surface area contributed by atoms with E-state index in [9.17, 15) is 9.59 Å². The quantitative estimate of drug-likeness (QED) is 0.570. The summed E-state index contributed by atoms with van der Waals surface area (Å²) in [5, 5.41) is 2.82. The highest BCUT2D eigenvalue weighted by Gasteiger charge is 2.05. The van der Waals surface area contributed by atoms with Gasteiger partial charge in [-0.2, -0.15) is 0 Å². The van der Waals surface area contributed by atoms with Crippen molar-refractivity contribution in [2.45, 2.75) is 13.3 Å². The number of hydrogen-bond acceptors (Lipinski definition) is 5. The molecule has 25 heavy (non-hydrogen) atoms. The Bertz CT molecular complexity index is 716. The fourth-order valence-corrected chi connectivity index (χ4v) is 2.78. The van der Waals surface area contributed by atoms with Gasteiger partial charge in [0.05, 0.1) is 12.9 Å². The third-order valence-electron chi connectivity index (χ3n) is 3.28. The molecule has 6 heteroatoms. The molecule has 0 aliphatic carbocycles. The lowest BCUT2D eigenvalue weighted by Crippen LogP contribution is -2.13. The van der Waals surface area contributed by atoms with Gasteiger partial charge in [0.1, 0.15) is 11.5 Å². The fraction of sp³-hybridized carbons (Fsp3) is 0.263. The molecule has 0 atom stereocenters. The molecular weight excluding hydrogens is 338 g/mol. The van der Waals surface area contributed by atoms with Crippen LogP contribution >= 0.6 is 11.8 Å². The van der Waals surface area contributed by atoms with Gasteiger partial charge in [-0.05, 0) is 48.9 Å². The van der Waals surface area contributed by atoms with Crippen LogP contribution in [0.3, 0.4) is 0 Å². The molecule has 0 aromatic heterocycles. The summed E-state index contributed by atoms with van der Waals surface area (Å²) in [6.45, 7) is 2.01. The van der Waals surface area contributed by atoms with E-state index >= 15 is 0 Å². The highest BCUT2D eigenvalue weighted by molar-refractivity contribution is 7.99. The SMILES string of the molecule is COC(=O)CSCCC(=O)Nc1ccc(Oc2cccc(C)c2)cc1. The number of carbonyl (C=O) groups is 2. The van der Waals surface area contributed by atoms with Crippen molar-refractivity contribution in [3.05, 3.63) is 54.1 Å². The molecule has 0 aliphatic rings. The zero-order valence-electron chi connectivity index (χ0n) is 14.3. The number of esters is 1. The number of anilines is 1. The molecule has 0 spiro atoms. The van der Waals surface area contributed by atoms with Crippen LogP contribution in [0, 0.1) is 6.92 Å². The van der Waals surface area contributed by atoms with E-state index in [0.29, 0.717) is 23.6 Å². The van der Waals surface area contributed by atoms with Crippen LogP contribution in [0.2, 0.25) is 0 Å². The molecule has 0 unspecified atom stereocenters. The van der Waals surface area contributed by atoms with Crippen molar-refractivity contribution < 1.29 is 19.1 Å². The Morgan fingerprint density at radius 3 is 2.52 bits per heavy atom. The molecule has 132 valence electrons. The molecule has 0 bridgehead atoms. The van der Waals surface area contributed by atoms with Crippen LogP contribution in [-0.4, -0.2) is 30.5 Å². The number of rotatable bonds is 8. The largest absolute Gasteiger partial charge is 0.468 e. The summed E-state index contributed by atoms with van der Waals surface area (Å²) in [5.74, 6) is 1.93. The predicted octanol–water partition coefficient (Wildman–Crippen LogP) is 4.02. The van der Waals surface area contributed by atoms with Gasteiger partial charge in [0.15, 0.2) is 0 Å². The first-order chi connectivity index (χ1) is 12.1. The second kappa shape index (κ2) is 9.74. The average molecular weight is 359 g/mol. The Morgan fingerprint density at radius 1 is 1.08 bits per heavy atom. The number of benzene rings is 2. The minimum atomic E-state index is -0.283. The molecule has 0 aliphatic heterocycles. The van der Waals surface area contributed by atoms with Crippen molar-refractivity contribution >= 4 is 29.3 Å². The van der Waals surface area contributed by atoms with E-state index in [1.165, 1.54) is 18.9 Å². The summed E-state index contributed by atoms with van der Waals surface area (Å²) in [7, 11) is 1.35. The lowest BCUT2D eigenvalue weighted by atomic mass is 10.2. The van der Waals surface area contributed by atoms with Gasteiger partial charge in [-0.25, -0.2) is 0 Å². The average Bonchev–Trinajstić information content (AvgIpc) is 2.60. The maximum Gasteiger partial charge on any atom is 0.315 e.